The number of carbonyl (C=O) groups excluding carboxylic acids is 1. The summed E-state index contributed by atoms with van der Waals surface area (Å²) < 4.78 is 12.0. The number of hydrogen-bond donors (Lipinski definition) is 1. The first kappa shape index (κ1) is 16.9. The minimum Gasteiger partial charge on any atom is -0.464 e. The Labute approximate surface area is 157 Å². The van der Waals surface area contributed by atoms with E-state index in [1.165, 1.54) is 0 Å². The molecule has 0 bridgehead atoms. The number of nitrogens with one attached hydrogen (secondary N) is 1. The fourth-order valence-corrected chi connectivity index (χ4v) is 3.54. The second-order valence-corrected chi connectivity index (χ2v) is 6.76. The molecule has 1 N–H and O–H groups in total. The predicted molar refractivity (Wildman–Crippen MR) is 96.8 cm³/mol. The molecule has 134 valence electrons. The molecule has 0 radical (unpaired) electrons. The lowest BCUT2D eigenvalue weighted by atomic mass is 10.2. The third kappa shape index (κ3) is 3.86. The van der Waals surface area contributed by atoms with Crippen LogP contribution in [0.4, 0.5) is 0 Å². The van der Waals surface area contributed by atoms with Gasteiger partial charge in [-0.15, -0.1) is 21.5 Å². The Hall–Kier alpha value is -3.51. The summed E-state index contributed by atoms with van der Waals surface area (Å²) in [5.74, 6) is 1.07. The van der Waals surface area contributed by atoms with Crippen molar-refractivity contribution in [2.24, 2.45) is 0 Å². The number of hydrogen-bond acceptors (Lipinski definition) is 8. The highest BCUT2D eigenvalue weighted by atomic mass is 32.1. The van der Waals surface area contributed by atoms with Crippen LogP contribution in [-0.2, 0) is 17.6 Å². The van der Waals surface area contributed by atoms with E-state index in [4.69, 9.17) is 14.1 Å². The molecular weight excluding hydrogens is 366 g/mol. The van der Waals surface area contributed by atoms with Crippen LogP contribution in [0.3, 0.4) is 0 Å². The van der Waals surface area contributed by atoms with Crippen LogP contribution < -0.4 is 5.32 Å². The number of aromatic nitrogens is 3. The van der Waals surface area contributed by atoms with Gasteiger partial charge in [-0.25, -0.2) is 4.98 Å². The van der Waals surface area contributed by atoms with Gasteiger partial charge in [0.1, 0.15) is 23.7 Å². The minimum atomic E-state index is -0.336. The molecule has 1 amide bonds. The molecule has 4 aromatic rings. The Morgan fingerprint density at radius 3 is 2.96 bits per heavy atom. The van der Waals surface area contributed by atoms with Crippen LogP contribution in [0, 0.1) is 11.3 Å². The van der Waals surface area contributed by atoms with Crippen molar-refractivity contribution >= 4 is 27.5 Å². The number of benzene rings is 1. The maximum absolute atomic E-state index is 11.6. The number of furan rings is 1. The quantitative estimate of drug-likeness (QED) is 0.512. The summed E-state index contributed by atoms with van der Waals surface area (Å²) in [6.07, 6.45) is 1.98. The van der Waals surface area contributed by atoms with Crippen LogP contribution in [0.2, 0.25) is 0 Å². The van der Waals surface area contributed by atoms with Crippen LogP contribution >= 0.6 is 11.3 Å². The third-order valence-corrected chi connectivity index (χ3v) is 4.74. The van der Waals surface area contributed by atoms with Crippen LogP contribution in [0.5, 0.6) is 0 Å². The van der Waals surface area contributed by atoms with Gasteiger partial charge in [-0.1, -0.05) is 0 Å². The Morgan fingerprint density at radius 1 is 1.26 bits per heavy atom. The van der Waals surface area contributed by atoms with Crippen molar-refractivity contribution in [1.29, 1.82) is 5.26 Å². The number of carbonyl (C=O) groups is 1. The maximum Gasteiger partial charge on any atom is 0.230 e. The van der Waals surface area contributed by atoms with Gasteiger partial charge in [0.2, 0.25) is 17.7 Å². The number of amides is 1. The van der Waals surface area contributed by atoms with Gasteiger partial charge in [-0.2, -0.15) is 5.26 Å². The minimum absolute atomic E-state index is 0.0501. The second-order valence-electron chi connectivity index (χ2n) is 5.65. The van der Waals surface area contributed by atoms with E-state index in [9.17, 15) is 4.79 Å². The molecular formula is C18H13N5O3S. The zero-order valence-electron chi connectivity index (χ0n) is 14.0. The summed E-state index contributed by atoms with van der Waals surface area (Å²) >= 11 is 1.54. The molecule has 0 aliphatic rings. The Morgan fingerprint density at radius 2 is 2.15 bits per heavy atom. The summed E-state index contributed by atoms with van der Waals surface area (Å²) in [5, 5.41) is 19.5. The van der Waals surface area contributed by atoms with E-state index in [2.05, 4.69) is 20.5 Å². The number of fused-ring (bicyclic) bond motifs is 1. The highest BCUT2D eigenvalue weighted by Crippen LogP contribution is 2.29. The Kier molecular flexibility index (Phi) is 4.63. The molecule has 0 fully saturated rings. The van der Waals surface area contributed by atoms with Gasteiger partial charge in [0.25, 0.3) is 0 Å². The fourth-order valence-electron chi connectivity index (χ4n) is 2.54. The molecule has 0 unspecified atom stereocenters. The molecule has 4 rings (SSSR count). The molecule has 1 aromatic carbocycles. The van der Waals surface area contributed by atoms with Crippen molar-refractivity contribution in [2.45, 2.75) is 12.8 Å². The monoisotopic (exact) mass is 379 g/mol. The topological polar surface area (TPSA) is 118 Å². The van der Waals surface area contributed by atoms with E-state index in [1.54, 1.807) is 17.6 Å². The first-order valence-electron chi connectivity index (χ1n) is 8.09. The summed E-state index contributed by atoms with van der Waals surface area (Å²) in [5.41, 5.74) is 1.88. The molecule has 0 aliphatic heterocycles. The summed E-state index contributed by atoms with van der Waals surface area (Å²) in [6.45, 7) is -0.0501. The molecule has 9 heteroatoms. The Balaban J connectivity index is 1.47. The van der Waals surface area contributed by atoms with Crippen LogP contribution in [-0.4, -0.2) is 27.6 Å². The van der Waals surface area contributed by atoms with E-state index in [0.29, 0.717) is 12.3 Å². The number of nitrogens with zero attached hydrogens (tertiary/aromatic N) is 4. The van der Waals surface area contributed by atoms with Gasteiger partial charge >= 0.3 is 0 Å². The van der Waals surface area contributed by atoms with E-state index in [0.717, 1.165) is 26.5 Å². The first-order valence-corrected chi connectivity index (χ1v) is 8.91. The fraction of sp³-hybridized carbons (Fsp3) is 0.167. The maximum atomic E-state index is 11.6. The average molecular weight is 379 g/mol. The van der Waals surface area contributed by atoms with Gasteiger partial charge in [0.15, 0.2) is 0 Å². The molecule has 0 atom stereocenters. The summed E-state index contributed by atoms with van der Waals surface area (Å²) in [6, 6.07) is 11.6. The zero-order chi connectivity index (χ0) is 18.6. The average Bonchev–Trinajstić information content (AvgIpc) is 3.40. The van der Waals surface area contributed by atoms with E-state index in [1.807, 2.05) is 36.4 Å². The van der Waals surface area contributed by atoms with E-state index >= 15 is 0 Å². The molecule has 0 saturated heterocycles. The van der Waals surface area contributed by atoms with Crippen LogP contribution in [0.25, 0.3) is 21.5 Å². The highest BCUT2D eigenvalue weighted by molar-refractivity contribution is 7.18. The Bertz CT molecular complexity index is 1120. The van der Waals surface area contributed by atoms with Crippen LogP contribution in [0.1, 0.15) is 16.8 Å². The lowest BCUT2D eigenvalue weighted by Crippen LogP contribution is -2.25. The SMILES string of the molecule is N#CCNC(=O)Cc1nnc(Cc2nc3ccc(-c4ccco4)cc3s2)o1. The molecule has 8 nitrogen and oxygen atoms in total. The predicted octanol–water partition coefficient (Wildman–Crippen LogP) is 2.71. The van der Waals surface area contributed by atoms with Crippen molar-refractivity contribution in [3.05, 3.63) is 53.4 Å². The van der Waals surface area contributed by atoms with Gasteiger partial charge in [-0.3, -0.25) is 4.79 Å². The zero-order valence-corrected chi connectivity index (χ0v) is 14.8. The van der Waals surface area contributed by atoms with Gasteiger partial charge in [0.05, 0.1) is 29.0 Å². The number of rotatable bonds is 6. The number of thiazole rings is 1. The molecule has 0 spiro atoms. The smallest absolute Gasteiger partial charge is 0.230 e. The standard InChI is InChI=1S/C18H13N5O3S/c19-5-6-20-15(24)9-16-22-23-17(26-16)10-18-21-12-4-3-11(8-14(12)27-18)13-2-1-7-25-13/h1-4,7-8H,6,9-10H2,(H,20,24). The van der Waals surface area contributed by atoms with Crippen molar-refractivity contribution < 1.29 is 13.6 Å². The first-order chi connectivity index (χ1) is 13.2. The molecule has 27 heavy (non-hydrogen) atoms. The van der Waals surface area contributed by atoms with Crippen molar-refractivity contribution in [3.63, 3.8) is 0 Å². The largest absolute Gasteiger partial charge is 0.464 e. The van der Waals surface area contributed by atoms with Crippen molar-refractivity contribution in [3.8, 4) is 17.4 Å². The van der Waals surface area contributed by atoms with E-state index < -0.39 is 0 Å². The second kappa shape index (κ2) is 7.39. The molecule has 0 saturated carbocycles. The van der Waals surface area contributed by atoms with Gasteiger partial charge in [-0.05, 0) is 30.3 Å². The van der Waals surface area contributed by atoms with Gasteiger partial charge in [0, 0.05) is 5.56 Å². The lowest BCUT2D eigenvalue weighted by molar-refractivity contribution is -0.120. The molecule has 3 aromatic heterocycles. The number of nitriles is 1. The lowest BCUT2D eigenvalue weighted by Gasteiger charge is -1.95. The van der Waals surface area contributed by atoms with Gasteiger partial charge < -0.3 is 14.2 Å². The third-order valence-electron chi connectivity index (χ3n) is 3.73. The van der Waals surface area contributed by atoms with E-state index in [-0.39, 0.29) is 24.8 Å². The molecule has 3 heterocycles. The molecule has 0 aliphatic carbocycles. The highest BCUT2D eigenvalue weighted by Gasteiger charge is 2.14. The normalized spacial score (nSPS) is 10.8. The van der Waals surface area contributed by atoms with Crippen molar-refractivity contribution in [1.82, 2.24) is 20.5 Å². The summed E-state index contributed by atoms with van der Waals surface area (Å²) in [4.78, 5) is 16.2. The van der Waals surface area contributed by atoms with Crippen molar-refractivity contribution in [2.75, 3.05) is 6.54 Å². The van der Waals surface area contributed by atoms with Crippen LogP contribution in [0.15, 0.2) is 45.4 Å². The summed E-state index contributed by atoms with van der Waals surface area (Å²) in [7, 11) is 0.